The number of nitrogens with zero attached hydrogens (tertiary/aromatic N) is 2. The normalized spacial score (nSPS) is 16.6. The quantitative estimate of drug-likeness (QED) is 0.624. The van der Waals surface area contributed by atoms with Crippen LogP contribution in [0.15, 0.2) is 30.3 Å². The third kappa shape index (κ3) is 7.25. The minimum Gasteiger partial charge on any atom is -0.467 e. The lowest BCUT2D eigenvalue weighted by Gasteiger charge is -2.32. The first-order chi connectivity index (χ1) is 13.9. The molecule has 1 aliphatic heterocycles. The molecule has 1 saturated heterocycles. The molecule has 2 amide bonds. The van der Waals surface area contributed by atoms with Gasteiger partial charge in [-0.3, -0.25) is 4.79 Å². The molecule has 1 N–H and O–H groups in total. The predicted octanol–water partition coefficient (Wildman–Crippen LogP) is 1.00. The lowest BCUT2D eigenvalue weighted by Crippen LogP contribution is -2.52. The summed E-state index contributed by atoms with van der Waals surface area (Å²) in [5.74, 6) is -0.680. The SMILES string of the molecule is COC(=O)[C@@H](CSC)NC(=O)C(Cc1ccccc1)OC(=O)N1CCN(C)CC1. The smallest absolute Gasteiger partial charge is 0.410 e. The fraction of sp³-hybridized carbons (Fsp3) is 0.550. The number of carbonyl (C=O) groups is 3. The van der Waals surface area contributed by atoms with Crippen molar-refractivity contribution in [2.24, 2.45) is 0 Å². The van der Waals surface area contributed by atoms with Gasteiger partial charge in [-0.15, -0.1) is 0 Å². The van der Waals surface area contributed by atoms with E-state index >= 15 is 0 Å². The summed E-state index contributed by atoms with van der Waals surface area (Å²) in [5.41, 5.74) is 0.860. The third-order valence-corrected chi connectivity index (χ3v) is 5.36. The highest BCUT2D eigenvalue weighted by molar-refractivity contribution is 7.98. The number of carbonyl (C=O) groups excluding carboxylic acids is 3. The van der Waals surface area contributed by atoms with Crippen LogP contribution in [0.25, 0.3) is 0 Å². The maximum absolute atomic E-state index is 12.9. The van der Waals surface area contributed by atoms with E-state index in [1.54, 1.807) is 4.90 Å². The van der Waals surface area contributed by atoms with E-state index in [4.69, 9.17) is 9.47 Å². The van der Waals surface area contributed by atoms with E-state index in [-0.39, 0.29) is 6.42 Å². The number of hydrogen-bond donors (Lipinski definition) is 1. The monoisotopic (exact) mass is 423 g/mol. The number of rotatable bonds is 8. The molecule has 0 spiro atoms. The first-order valence-corrected chi connectivity index (χ1v) is 10.9. The molecule has 1 aliphatic rings. The summed E-state index contributed by atoms with van der Waals surface area (Å²) in [6.07, 6.45) is 0.489. The molecule has 1 aromatic carbocycles. The van der Waals surface area contributed by atoms with Crippen LogP contribution in [0.4, 0.5) is 4.79 Å². The van der Waals surface area contributed by atoms with Crippen molar-refractivity contribution in [3.05, 3.63) is 35.9 Å². The number of nitrogens with one attached hydrogen (secondary N) is 1. The number of amides is 2. The Kier molecular flexibility index (Phi) is 9.27. The Hall–Kier alpha value is -2.26. The van der Waals surface area contributed by atoms with Crippen LogP contribution in [-0.2, 0) is 25.5 Å². The van der Waals surface area contributed by atoms with Crippen molar-refractivity contribution in [3.8, 4) is 0 Å². The molecule has 0 saturated carbocycles. The lowest BCUT2D eigenvalue weighted by atomic mass is 10.1. The van der Waals surface area contributed by atoms with Gasteiger partial charge in [-0.05, 0) is 18.9 Å². The Bertz CT molecular complexity index is 680. The van der Waals surface area contributed by atoms with Gasteiger partial charge >= 0.3 is 12.1 Å². The Balaban J connectivity index is 2.09. The molecule has 0 radical (unpaired) electrons. The molecule has 0 aliphatic carbocycles. The fourth-order valence-corrected chi connectivity index (χ4v) is 3.50. The van der Waals surface area contributed by atoms with Crippen LogP contribution < -0.4 is 5.32 Å². The van der Waals surface area contributed by atoms with E-state index in [1.165, 1.54) is 18.9 Å². The second-order valence-electron chi connectivity index (χ2n) is 6.89. The first kappa shape index (κ1) is 23.0. The number of piperazine rings is 1. The lowest BCUT2D eigenvalue weighted by molar-refractivity contribution is -0.145. The Morgan fingerprint density at radius 1 is 1.14 bits per heavy atom. The molecule has 1 aromatic rings. The largest absolute Gasteiger partial charge is 0.467 e. The summed E-state index contributed by atoms with van der Waals surface area (Å²) in [4.78, 5) is 41.2. The van der Waals surface area contributed by atoms with E-state index in [0.717, 1.165) is 18.7 Å². The first-order valence-electron chi connectivity index (χ1n) is 9.49. The maximum atomic E-state index is 12.9. The molecule has 1 fully saturated rings. The highest BCUT2D eigenvalue weighted by Crippen LogP contribution is 2.11. The average molecular weight is 424 g/mol. The standard InChI is InChI=1S/C20H29N3O5S/c1-22-9-11-23(12-10-22)20(26)28-17(13-15-7-5-4-6-8-15)18(24)21-16(14-29-3)19(25)27-2/h4-8,16-17H,9-14H2,1-3H3,(H,21,24)/t16-,17?/m1/s1. The molecule has 0 bridgehead atoms. The van der Waals surface area contributed by atoms with Crippen molar-refractivity contribution in [1.82, 2.24) is 15.1 Å². The summed E-state index contributed by atoms with van der Waals surface area (Å²) >= 11 is 1.41. The highest BCUT2D eigenvalue weighted by Gasteiger charge is 2.31. The van der Waals surface area contributed by atoms with Gasteiger partial charge in [0, 0.05) is 38.4 Å². The molecular formula is C20H29N3O5S. The van der Waals surface area contributed by atoms with Crippen molar-refractivity contribution in [3.63, 3.8) is 0 Å². The van der Waals surface area contributed by atoms with Crippen LogP contribution in [0.3, 0.4) is 0 Å². The van der Waals surface area contributed by atoms with Crippen LogP contribution in [-0.4, -0.2) is 92.3 Å². The Morgan fingerprint density at radius 3 is 2.38 bits per heavy atom. The minimum atomic E-state index is -1.04. The van der Waals surface area contributed by atoms with E-state index in [1.807, 2.05) is 43.6 Å². The molecule has 2 rings (SSSR count). The number of thioether (sulfide) groups is 1. The highest BCUT2D eigenvalue weighted by atomic mass is 32.2. The summed E-state index contributed by atoms with van der Waals surface area (Å²) in [6, 6.07) is 8.52. The number of esters is 1. The van der Waals surface area contributed by atoms with E-state index in [0.29, 0.717) is 18.8 Å². The van der Waals surface area contributed by atoms with Gasteiger partial charge in [0.2, 0.25) is 0 Å². The summed E-state index contributed by atoms with van der Waals surface area (Å²) in [7, 11) is 3.27. The molecule has 160 valence electrons. The number of likely N-dealkylation sites (N-methyl/N-ethyl adjacent to an activating group) is 1. The van der Waals surface area contributed by atoms with Gasteiger partial charge in [-0.1, -0.05) is 30.3 Å². The van der Waals surface area contributed by atoms with Gasteiger partial charge in [0.05, 0.1) is 7.11 Å². The van der Waals surface area contributed by atoms with Gasteiger partial charge in [0.15, 0.2) is 6.10 Å². The summed E-state index contributed by atoms with van der Waals surface area (Å²) in [6.45, 7) is 2.60. The number of methoxy groups -OCH3 is 1. The molecule has 0 aromatic heterocycles. The van der Waals surface area contributed by atoms with Gasteiger partial charge in [-0.25, -0.2) is 9.59 Å². The molecule has 9 heteroatoms. The fourth-order valence-electron chi connectivity index (χ4n) is 2.94. The van der Waals surface area contributed by atoms with Crippen molar-refractivity contribution in [2.45, 2.75) is 18.6 Å². The number of hydrogen-bond acceptors (Lipinski definition) is 7. The molecule has 8 nitrogen and oxygen atoms in total. The second kappa shape index (κ2) is 11.7. The van der Waals surface area contributed by atoms with Crippen LogP contribution >= 0.6 is 11.8 Å². The Labute approximate surface area is 175 Å². The summed E-state index contributed by atoms with van der Waals surface area (Å²) in [5, 5.41) is 2.67. The van der Waals surface area contributed by atoms with Crippen molar-refractivity contribution in [2.75, 3.05) is 52.3 Å². The minimum absolute atomic E-state index is 0.222. The van der Waals surface area contributed by atoms with E-state index in [2.05, 4.69) is 10.2 Å². The molecule has 29 heavy (non-hydrogen) atoms. The van der Waals surface area contributed by atoms with Crippen LogP contribution in [0.2, 0.25) is 0 Å². The molecular weight excluding hydrogens is 394 g/mol. The van der Waals surface area contributed by atoms with Crippen LogP contribution in [0.5, 0.6) is 0 Å². The van der Waals surface area contributed by atoms with Crippen molar-refractivity contribution < 1.29 is 23.9 Å². The van der Waals surface area contributed by atoms with Crippen LogP contribution in [0, 0.1) is 0 Å². The van der Waals surface area contributed by atoms with Gasteiger partial charge in [0.1, 0.15) is 6.04 Å². The number of benzene rings is 1. The second-order valence-corrected chi connectivity index (χ2v) is 7.80. The third-order valence-electron chi connectivity index (χ3n) is 4.70. The summed E-state index contributed by atoms with van der Waals surface area (Å²) < 4.78 is 10.3. The van der Waals surface area contributed by atoms with Crippen molar-refractivity contribution >= 4 is 29.7 Å². The zero-order valence-electron chi connectivity index (χ0n) is 17.1. The zero-order valence-corrected chi connectivity index (χ0v) is 17.9. The Morgan fingerprint density at radius 2 is 1.79 bits per heavy atom. The van der Waals surface area contributed by atoms with Gasteiger partial charge in [0.25, 0.3) is 5.91 Å². The number of ether oxygens (including phenoxy) is 2. The van der Waals surface area contributed by atoms with E-state index in [9.17, 15) is 14.4 Å². The van der Waals surface area contributed by atoms with Crippen molar-refractivity contribution in [1.29, 1.82) is 0 Å². The van der Waals surface area contributed by atoms with Gasteiger partial charge in [-0.2, -0.15) is 11.8 Å². The topological polar surface area (TPSA) is 88.2 Å². The maximum Gasteiger partial charge on any atom is 0.410 e. The molecule has 2 atom stereocenters. The molecule has 1 heterocycles. The molecule has 1 unspecified atom stereocenters. The zero-order chi connectivity index (χ0) is 21.2. The van der Waals surface area contributed by atoms with Gasteiger partial charge < -0.3 is 24.6 Å². The van der Waals surface area contributed by atoms with Crippen LogP contribution in [0.1, 0.15) is 5.56 Å². The average Bonchev–Trinajstić information content (AvgIpc) is 2.73. The predicted molar refractivity (Wildman–Crippen MR) is 112 cm³/mol. The van der Waals surface area contributed by atoms with E-state index < -0.39 is 30.1 Å².